The van der Waals surface area contributed by atoms with Crippen LogP contribution in [0.15, 0.2) is 77.9 Å². The molecule has 1 saturated carbocycles. The molecule has 0 unspecified atom stereocenters. The zero-order valence-corrected chi connectivity index (χ0v) is 24.4. The van der Waals surface area contributed by atoms with Gasteiger partial charge in [-0.05, 0) is 49.0 Å². The SMILES string of the molecule is O=C(N1CC[C@@H](Cn2cnc(-c3ccccc3)cc2=O)C2(CCCC2)C1)N1CC[C@@H](NCCO)C[C@H]1c1ccccc1. The molecule has 8 heteroatoms. The number of carbonyl (C=O) groups is 1. The zero-order chi connectivity index (χ0) is 28.9. The fraction of sp³-hybridized carbons (Fsp3) is 0.500. The molecule has 2 amide bonds. The molecule has 2 aromatic carbocycles. The molecular formula is C34H43N5O3. The molecule has 0 radical (unpaired) electrons. The maximum atomic E-state index is 14.2. The lowest BCUT2D eigenvalue weighted by atomic mass is 9.69. The maximum absolute atomic E-state index is 14.2. The summed E-state index contributed by atoms with van der Waals surface area (Å²) in [6, 6.07) is 22.3. The Bertz CT molecular complexity index is 1390. The molecule has 222 valence electrons. The molecule has 42 heavy (non-hydrogen) atoms. The molecule has 2 saturated heterocycles. The van der Waals surface area contributed by atoms with E-state index in [9.17, 15) is 14.7 Å². The third kappa shape index (κ3) is 6.01. The number of likely N-dealkylation sites (tertiary alicyclic amines) is 2. The highest BCUT2D eigenvalue weighted by Crippen LogP contribution is 2.49. The van der Waals surface area contributed by atoms with Crippen LogP contribution in [0.5, 0.6) is 0 Å². The number of piperidine rings is 2. The summed E-state index contributed by atoms with van der Waals surface area (Å²) in [6.45, 7) is 3.50. The molecule has 3 aromatic rings. The Kier molecular flexibility index (Phi) is 8.72. The normalized spacial score (nSPS) is 23.8. The van der Waals surface area contributed by atoms with Gasteiger partial charge in [0.1, 0.15) is 0 Å². The maximum Gasteiger partial charge on any atom is 0.320 e. The number of aromatic nitrogens is 2. The second kappa shape index (κ2) is 12.8. The summed E-state index contributed by atoms with van der Waals surface area (Å²) in [7, 11) is 0. The van der Waals surface area contributed by atoms with Gasteiger partial charge in [-0.25, -0.2) is 9.78 Å². The Hall–Kier alpha value is -3.49. The minimum Gasteiger partial charge on any atom is -0.395 e. The first-order chi connectivity index (χ1) is 20.6. The highest BCUT2D eigenvalue weighted by Gasteiger charge is 2.47. The molecular weight excluding hydrogens is 526 g/mol. The predicted molar refractivity (Wildman–Crippen MR) is 164 cm³/mol. The van der Waals surface area contributed by atoms with Crippen molar-refractivity contribution in [2.24, 2.45) is 11.3 Å². The number of hydrogen-bond donors (Lipinski definition) is 2. The van der Waals surface area contributed by atoms with Crippen LogP contribution < -0.4 is 10.9 Å². The summed E-state index contributed by atoms with van der Waals surface area (Å²) in [6.07, 6.45) is 8.87. The monoisotopic (exact) mass is 569 g/mol. The largest absolute Gasteiger partial charge is 0.395 e. The van der Waals surface area contributed by atoms with Crippen LogP contribution in [0.2, 0.25) is 0 Å². The number of rotatable bonds is 7. The van der Waals surface area contributed by atoms with Crippen LogP contribution in [-0.4, -0.2) is 69.3 Å². The zero-order valence-electron chi connectivity index (χ0n) is 24.4. The van der Waals surface area contributed by atoms with Gasteiger partial charge in [0.15, 0.2) is 0 Å². The van der Waals surface area contributed by atoms with Crippen LogP contribution in [0.3, 0.4) is 0 Å². The van der Waals surface area contributed by atoms with Crippen molar-refractivity contribution in [2.75, 3.05) is 32.8 Å². The molecule has 1 spiro atoms. The lowest BCUT2D eigenvalue weighted by molar-refractivity contribution is 0.0205. The molecule has 6 rings (SSSR count). The highest BCUT2D eigenvalue weighted by molar-refractivity contribution is 5.75. The van der Waals surface area contributed by atoms with Crippen molar-refractivity contribution < 1.29 is 9.90 Å². The van der Waals surface area contributed by atoms with E-state index in [4.69, 9.17) is 0 Å². The smallest absolute Gasteiger partial charge is 0.320 e. The first-order valence-corrected chi connectivity index (χ1v) is 15.6. The molecule has 3 aliphatic rings. The van der Waals surface area contributed by atoms with Gasteiger partial charge >= 0.3 is 6.03 Å². The van der Waals surface area contributed by atoms with E-state index in [0.717, 1.165) is 49.8 Å². The average molecular weight is 570 g/mol. The Morgan fingerprint density at radius 1 is 1.00 bits per heavy atom. The minimum atomic E-state index is -0.0149. The van der Waals surface area contributed by atoms with E-state index >= 15 is 0 Å². The topological polar surface area (TPSA) is 90.7 Å². The van der Waals surface area contributed by atoms with Gasteiger partial charge < -0.3 is 20.2 Å². The van der Waals surface area contributed by atoms with Crippen molar-refractivity contribution in [1.29, 1.82) is 0 Å². The standard InChI is InChI=1S/C34H43N5O3/c40-20-17-35-29-14-19-39(31(21-29)27-11-5-2-6-12-27)33(42)37-18-13-28(34(24-37)15-7-8-16-34)23-38-25-36-30(22-32(38)41)26-9-3-1-4-10-26/h1-6,9-12,22,25,28-29,31,35,40H,7-8,13-21,23-24H2/t28-,29+,31-/m0/s1. The fourth-order valence-corrected chi connectivity index (χ4v) is 7.69. The first kappa shape index (κ1) is 28.6. The Balaban J connectivity index is 1.18. The van der Waals surface area contributed by atoms with Crippen LogP contribution in [0.1, 0.15) is 56.6 Å². The van der Waals surface area contributed by atoms with Crippen LogP contribution in [0, 0.1) is 11.3 Å². The number of benzene rings is 2. The fourth-order valence-electron chi connectivity index (χ4n) is 7.69. The summed E-state index contributed by atoms with van der Waals surface area (Å²) < 4.78 is 1.78. The summed E-state index contributed by atoms with van der Waals surface area (Å²) in [5.41, 5.74) is 2.84. The number of hydrogen-bond acceptors (Lipinski definition) is 5. The van der Waals surface area contributed by atoms with Gasteiger partial charge in [-0.3, -0.25) is 9.36 Å². The van der Waals surface area contributed by atoms with Gasteiger partial charge in [0, 0.05) is 50.4 Å². The Morgan fingerprint density at radius 2 is 1.74 bits per heavy atom. The van der Waals surface area contributed by atoms with E-state index in [0.29, 0.717) is 37.8 Å². The minimum absolute atomic E-state index is 0.00803. The molecule has 1 aromatic heterocycles. The number of aliphatic hydroxyl groups excluding tert-OH is 1. The van der Waals surface area contributed by atoms with E-state index in [1.165, 1.54) is 12.8 Å². The molecule has 8 nitrogen and oxygen atoms in total. The van der Waals surface area contributed by atoms with Crippen molar-refractivity contribution in [3.05, 3.63) is 89.0 Å². The molecule has 3 atom stereocenters. The number of aliphatic hydroxyl groups is 1. The summed E-state index contributed by atoms with van der Waals surface area (Å²) in [5.74, 6) is 0.337. The number of nitrogens with zero attached hydrogens (tertiary/aromatic N) is 4. The molecule has 0 bridgehead atoms. The quantitative estimate of drug-likeness (QED) is 0.431. The summed E-state index contributed by atoms with van der Waals surface area (Å²) in [4.78, 5) is 36.2. The van der Waals surface area contributed by atoms with Crippen molar-refractivity contribution in [3.8, 4) is 11.3 Å². The van der Waals surface area contributed by atoms with Gasteiger partial charge in [-0.15, -0.1) is 0 Å². The third-order valence-corrected chi connectivity index (χ3v) is 9.93. The number of urea groups is 1. The molecule has 1 aliphatic carbocycles. The lowest BCUT2D eigenvalue weighted by Gasteiger charge is -2.49. The van der Waals surface area contributed by atoms with E-state index in [1.807, 2.05) is 48.5 Å². The molecule has 3 fully saturated rings. The third-order valence-electron chi connectivity index (χ3n) is 9.93. The van der Waals surface area contributed by atoms with Gasteiger partial charge in [0.25, 0.3) is 5.56 Å². The number of nitrogens with one attached hydrogen (secondary N) is 1. The van der Waals surface area contributed by atoms with Gasteiger partial charge in [0.2, 0.25) is 0 Å². The lowest BCUT2D eigenvalue weighted by Crippen LogP contribution is -2.57. The summed E-state index contributed by atoms with van der Waals surface area (Å²) >= 11 is 0. The predicted octanol–water partition coefficient (Wildman–Crippen LogP) is 4.70. The second-order valence-electron chi connectivity index (χ2n) is 12.4. The number of amides is 2. The van der Waals surface area contributed by atoms with E-state index in [-0.39, 0.29) is 35.7 Å². The van der Waals surface area contributed by atoms with E-state index in [2.05, 4.69) is 32.2 Å². The first-order valence-electron chi connectivity index (χ1n) is 15.6. The molecule has 2 aliphatic heterocycles. The molecule has 3 heterocycles. The number of carbonyl (C=O) groups excluding carboxylic acids is 1. The van der Waals surface area contributed by atoms with Gasteiger partial charge in [-0.1, -0.05) is 73.5 Å². The van der Waals surface area contributed by atoms with Gasteiger partial charge in [-0.2, -0.15) is 0 Å². The van der Waals surface area contributed by atoms with Crippen molar-refractivity contribution >= 4 is 6.03 Å². The van der Waals surface area contributed by atoms with Crippen LogP contribution in [0.4, 0.5) is 4.79 Å². The second-order valence-corrected chi connectivity index (χ2v) is 12.4. The van der Waals surface area contributed by atoms with Gasteiger partial charge in [0.05, 0.1) is 24.7 Å². The van der Waals surface area contributed by atoms with Crippen LogP contribution in [0.25, 0.3) is 11.3 Å². The molecule has 2 N–H and O–H groups in total. The van der Waals surface area contributed by atoms with E-state index < -0.39 is 0 Å². The van der Waals surface area contributed by atoms with Crippen LogP contribution >= 0.6 is 0 Å². The van der Waals surface area contributed by atoms with Crippen molar-refractivity contribution in [3.63, 3.8) is 0 Å². The highest BCUT2D eigenvalue weighted by atomic mass is 16.3. The van der Waals surface area contributed by atoms with Crippen molar-refractivity contribution in [1.82, 2.24) is 24.7 Å². The van der Waals surface area contributed by atoms with E-state index in [1.54, 1.807) is 17.0 Å². The Morgan fingerprint density at radius 3 is 2.45 bits per heavy atom. The van der Waals surface area contributed by atoms with Crippen molar-refractivity contribution in [2.45, 2.75) is 63.6 Å². The summed E-state index contributed by atoms with van der Waals surface area (Å²) in [5, 5.41) is 12.8. The Labute approximate surface area is 248 Å². The average Bonchev–Trinajstić information content (AvgIpc) is 3.51. The van der Waals surface area contributed by atoms with Crippen LogP contribution in [-0.2, 0) is 6.54 Å².